The monoisotopic (exact) mass is 743 g/mol. The van der Waals surface area contributed by atoms with Crippen LogP contribution in [0.1, 0.15) is 173 Å². The van der Waals surface area contributed by atoms with E-state index in [1.165, 1.54) is 0 Å². The SMILES string of the molecule is CC1(C)CCC(C)(C)OC(C)(C)OC(C)(C)CCCc2ccc([nH]c2=O)-c2ccc(c(=O)[nH]2)CCCC(C)(C)OC(C)(C)OC(C)(C)CCC(C)(C)O1. The Morgan fingerprint density at radius 2 is 0.660 bits per heavy atom. The Bertz CT molecular complexity index is 1500. The van der Waals surface area contributed by atoms with Crippen molar-refractivity contribution < 1.29 is 23.7 Å². The van der Waals surface area contributed by atoms with Crippen LogP contribution in [0.3, 0.4) is 0 Å². The number of aromatic nitrogens is 2. The van der Waals surface area contributed by atoms with Gasteiger partial charge in [0.05, 0.1) is 45.0 Å². The van der Waals surface area contributed by atoms with E-state index in [9.17, 15) is 9.59 Å². The van der Waals surface area contributed by atoms with Gasteiger partial charge in [-0.15, -0.1) is 0 Å². The molecule has 0 fully saturated rings. The summed E-state index contributed by atoms with van der Waals surface area (Å²) < 4.78 is 33.2. The van der Waals surface area contributed by atoms with E-state index in [0.717, 1.165) is 51.4 Å². The van der Waals surface area contributed by atoms with Gasteiger partial charge in [-0.2, -0.15) is 0 Å². The number of rotatable bonds is 0. The first-order valence-electron chi connectivity index (χ1n) is 19.8. The molecule has 0 saturated carbocycles. The number of nitrogens with one attached hydrogen (secondary N) is 2. The highest BCUT2D eigenvalue weighted by molar-refractivity contribution is 5.54. The highest BCUT2D eigenvalue weighted by Gasteiger charge is 2.39. The van der Waals surface area contributed by atoms with Gasteiger partial charge in [-0.1, -0.05) is 12.1 Å². The van der Waals surface area contributed by atoms with E-state index >= 15 is 0 Å². The molecule has 0 aliphatic carbocycles. The van der Waals surface area contributed by atoms with Gasteiger partial charge in [0.2, 0.25) is 0 Å². The largest absolute Gasteiger partial charge is 0.370 e. The van der Waals surface area contributed by atoms with Crippen molar-refractivity contribution >= 4 is 0 Å². The maximum Gasteiger partial charge on any atom is 0.251 e. The molecule has 3 aliphatic rings. The molecule has 0 atom stereocenters. The lowest BCUT2D eigenvalue weighted by molar-refractivity contribution is -0.303. The number of aromatic amines is 2. The summed E-state index contributed by atoms with van der Waals surface area (Å²) in [5.41, 5.74) is -0.375. The van der Waals surface area contributed by atoms with Gasteiger partial charge in [-0.05, 0) is 187 Å². The molecule has 2 aromatic rings. The van der Waals surface area contributed by atoms with Crippen LogP contribution >= 0.6 is 0 Å². The van der Waals surface area contributed by atoms with Crippen molar-refractivity contribution in [2.75, 3.05) is 0 Å². The quantitative estimate of drug-likeness (QED) is 0.276. The number of fused-ring (bicyclic) bond motifs is 2. The molecular weight excluding hydrogens is 668 g/mol. The van der Waals surface area contributed by atoms with Crippen molar-refractivity contribution in [3.05, 3.63) is 56.1 Å². The van der Waals surface area contributed by atoms with E-state index < -0.39 is 34.0 Å². The second-order valence-electron chi connectivity index (χ2n) is 20.0. The van der Waals surface area contributed by atoms with Gasteiger partial charge in [0.1, 0.15) is 0 Å². The zero-order chi connectivity index (χ0) is 40.3. The molecule has 53 heavy (non-hydrogen) atoms. The third-order valence-corrected chi connectivity index (χ3v) is 10.0. The number of ether oxygens (including phenoxy) is 5. The molecule has 0 saturated heterocycles. The maximum atomic E-state index is 13.1. The van der Waals surface area contributed by atoms with Gasteiger partial charge in [0.25, 0.3) is 11.1 Å². The van der Waals surface area contributed by atoms with Crippen molar-refractivity contribution in [2.24, 2.45) is 0 Å². The van der Waals surface area contributed by atoms with E-state index in [1.54, 1.807) is 0 Å². The van der Waals surface area contributed by atoms with Crippen molar-refractivity contribution in [1.29, 1.82) is 0 Å². The second-order valence-corrected chi connectivity index (χ2v) is 20.0. The molecule has 0 amide bonds. The van der Waals surface area contributed by atoms with Crippen molar-refractivity contribution in [1.82, 2.24) is 9.97 Å². The van der Waals surface area contributed by atoms with Crippen LogP contribution in [0.5, 0.6) is 0 Å². The summed E-state index contributed by atoms with van der Waals surface area (Å²) in [5.74, 6) is -1.67. The number of H-pyrrole nitrogens is 2. The minimum atomic E-state index is -0.833. The van der Waals surface area contributed by atoms with Crippen LogP contribution < -0.4 is 11.1 Å². The molecule has 4 bridgehead atoms. The van der Waals surface area contributed by atoms with Gasteiger partial charge in [0, 0.05) is 11.1 Å². The average Bonchev–Trinajstić information content (AvgIpc) is 2.93. The van der Waals surface area contributed by atoms with Gasteiger partial charge in [-0.25, -0.2) is 0 Å². The second kappa shape index (κ2) is 16.4. The van der Waals surface area contributed by atoms with Crippen LogP contribution in [0.2, 0.25) is 0 Å². The summed E-state index contributed by atoms with van der Waals surface area (Å²) in [6.07, 6.45) is 7.44. The molecule has 3 aliphatic heterocycles. The first kappa shape index (κ1) is 45.1. The average molecular weight is 743 g/mol. The molecule has 5 rings (SSSR count). The molecule has 9 heteroatoms. The topological polar surface area (TPSA) is 112 Å². The van der Waals surface area contributed by atoms with Crippen molar-refractivity contribution in [2.45, 2.75) is 220 Å². The lowest BCUT2D eigenvalue weighted by Crippen LogP contribution is -2.46. The highest BCUT2D eigenvalue weighted by atomic mass is 16.7. The van der Waals surface area contributed by atoms with Crippen LogP contribution in [0.25, 0.3) is 11.4 Å². The smallest absolute Gasteiger partial charge is 0.251 e. The Morgan fingerprint density at radius 3 is 0.943 bits per heavy atom. The lowest BCUT2D eigenvalue weighted by Gasteiger charge is -2.44. The Labute approximate surface area is 320 Å². The van der Waals surface area contributed by atoms with Gasteiger partial charge >= 0.3 is 0 Å². The van der Waals surface area contributed by atoms with Crippen LogP contribution in [-0.4, -0.2) is 55.1 Å². The Balaban J connectivity index is 1.85. The van der Waals surface area contributed by atoms with Crippen LogP contribution in [0.4, 0.5) is 0 Å². The summed E-state index contributed by atoms with van der Waals surface area (Å²) in [4.78, 5) is 32.2. The normalized spacial score (nSPS) is 25.2. The summed E-state index contributed by atoms with van der Waals surface area (Å²) >= 11 is 0. The fraction of sp³-hybridized carbons (Fsp3) is 0.773. The summed E-state index contributed by atoms with van der Waals surface area (Å²) in [5, 5.41) is 0. The fourth-order valence-electron chi connectivity index (χ4n) is 8.09. The van der Waals surface area contributed by atoms with Crippen molar-refractivity contribution in [3.63, 3.8) is 0 Å². The van der Waals surface area contributed by atoms with Crippen LogP contribution in [0.15, 0.2) is 33.9 Å². The van der Waals surface area contributed by atoms with Gasteiger partial charge in [0.15, 0.2) is 11.6 Å². The lowest BCUT2D eigenvalue weighted by atomic mass is 9.90. The fourth-order valence-corrected chi connectivity index (χ4v) is 8.09. The molecule has 0 radical (unpaired) electrons. The standard InChI is InChI=1S/C44H74N2O7/c1-37(2)25-17-19-31-21-23-33(45-35(31)47)34-24-22-32(36(48)46-34)20-18-26-38(3,4)51-44(15,16)53-42(11,12)30-28-40(7,8)49-39(5,6)27-29-41(9,10)52-43(13,14)50-37/h21-24H,17-20,25-30H2,1-16H3,(H,45,47)(H,46,48). The van der Waals surface area contributed by atoms with Crippen molar-refractivity contribution in [3.8, 4) is 11.4 Å². The van der Waals surface area contributed by atoms with E-state index in [-0.39, 0.29) is 22.3 Å². The van der Waals surface area contributed by atoms with E-state index in [2.05, 4.69) is 93.1 Å². The highest BCUT2D eigenvalue weighted by Crippen LogP contribution is 2.37. The summed E-state index contributed by atoms with van der Waals surface area (Å²) in [6, 6.07) is 7.43. The number of hydrogen-bond acceptors (Lipinski definition) is 7. The number of hydrogen-bond donors (Lipinski definition) is 2. The van der Waals surface area contributed by atoms with E-state index in [1.807, 2.05) is 52.0 Å². The third-order valence-electron chi connectivity index (χ3n) is 10.0. The molecule has 2 aromatic heterocycles. The Kier molecular flexibility index (Phi) is 14.0. The first-order valence-corrected chi connectivity index (χ1v) is 19.8. The molecule has 0 unspecified atom stereocenters. The summed E-state index contributed by atoms with van der Waals surface area (Å²) in [6.45, 7) is 33.3. The summed E-state index contributed by atoms with van der Waals surface area (Å²) in [7, 11) is 0. The maximum absolute atomic E-state index is 13.1. The first-order chi connectivity index (χ1) is 23.9. The zero-order valence-corrected chi connectivity index (χ0v) is 36.2. The Hall–Kier alpha value is -2.30. The Morgan fingerprint density at radius 1 is 0.396 bits per heavy atom. The van der Waals surface area contributed by atoms with Crippen LogP contribution in [0, 0.1) is 0 Å². The third kappa shape index (κ3) is 15.4. The minimum Gasteiger partial charge on any atom is -0.370 e. The molecule has 2 N–H and O–H groups in total. The molecule has 5 heterocycles. The van der Waals surface area contributed by atoms with Crippen LogP contribution in [-0.2, 0) is 36.5 Å². The predicted octanol–water partition coefficient (Wildman–Crippen LogP) is 10.2. The van der Waals surface area contributed by atoms with Gasteiger partial charge in [-0.3, -0.25) is 9.59 Å². The van der Waals surface area contributed by atoms with E-state index in [4.69, 9.17) is 23.7 Å². The molecular formula is C44H74N2O7. The molecule has 302 valence electrons. The molecule has 0 spiro atoms. The van der Waals surface area contributed by atoms with Gasteiger partial charge < -0.3 is 33.7 Å². The predicted molar refractivity (Wildman–Crippen MR) is 216 cm³/mol. The zero-order valence-electron chi connectivity index (χ0n) is 36.2. The minimum absolute atomic E-state index is 0.153. The number of pyridine rings is 2. The number of aryl methyl sites for hydroxylation is 2. The van der Waals surface area contributed by atoms with E-state index in [0.29, 0.717) is 35.4 Å². The molecule has 0 aromatic carbocycles. The molecule has 9 nitrogen and oxygen atoms in total.